The van der Waals surface area contributed by atoms with Gasteiger partial charge < -0.3 is 4.74 Å². The number of carbonyl (C=O) groups excluding carboxylic acids is 1. The molecule has 0 fully saturated rings. The predicted octanol–water partition coefficient (Wildman–Crippen LogP) is 2.44. The smallest absolute Gasteiger partial charge is 0.338 e. The van der Waals surface area contributed by atoms with Crippen LogP contribution in [-0.4, -0.2) is 23.0 Å². The topological polar surface area (TPSA) is 82.3 Å². The SMILES string of the molecule is COC(=O)c1ccc(-c2ccncc2)c([N+](=O)[O-])c1. The second-order valence-corrected chi connectivity index (χ2v) is 3.72. The van der Waals surface area contributed by atoms with Crippen molar-refractivity contribution in [1.29, 1.82) is 0 Å². The molecule has 1 aromatic heterocycles. The largest absolute Gasteiger partial charge is 0.465 e. The Bertz CT molecular complexity index is 626. The van der Waals surface area contributed by atoms with Gasteiger partial charge in [0, 0.05) is 18.5 Å². The number of hydrogen-bond donors (Lipinski definition) is 0. The van der Waals surface area contributed by atoms with Crippen LogP contribution in [-0.2, 0) is 4.74 Å². The summed E-state index contributed by atoms with van der Waals surface area (Å²) in [4.78, 5) is 25.8. The molecular formula is C13H10N2O4. The summed E-state index contributed by atoms with van der Waals surface area (Å²) in [6.07, 6.45) is 3.10. The van der Waals surface area contributed by atoms with Crippen molar-refractivity contribution >= 4 is 11.7 Å². The van der Waals surface area contributed by atoms with E-state index in [0.717, 1.165) is 0 Å². The van der Waals surface area contributed by atoms with Crippen LogP contribution >= 0.6 is 0 Å². The number of carbonyl (C=O) groups is 1. The first-order chi connectivity index (χ1) is 9.13. The van der Waals surface area contributed by atoms with E-state index in [2.05, 4.69) is 9.72 Å². The minimum atomic E-state index is -0.607. The van der Waals surface area contributed by atoms with E-state index in [1.807, 2.05) is 0 Å². The van der Waals surface area contributed by atoms with E-state index in [0.29, 0.717) is 11.1 Å². The molecule has 0 spiro atoms. The highest BCUT2D eigenvalue weighted by atomic mass is 16.6. The molecule has 0 radical (unpaired) electrons. The number of benzene rings is 1. The van der Waals surface area contributed by atoms with Gasteiger partial charge in [0.05, 0.1) is 23.2 Å². The summed E-state index contributed by atoms with van der Waals surface area (Å²) in [5.41, 5.74) is 1.10. The summed E-state index contributed by atoms with van der Waals surface area (Å²) < 4.78 is 4.55. The summed E-state index contributed by atoms with van der Waals surface area (Å²) in [7, 11) is 1.23. The van der Waals surface area contributed by atoms with Gasteiger partial charge in [-0.05, 0) is 29.8 Å². The first kappa shape index (κ1) is 12.7. The van der Waals surface area contributed by atoms with Crippen LogP contribution in [0.3, 0.4) is 0 Å². The highest BCUT2D eigenvalue weighted by Crippen LogP contribution is 2.30. The molecule has 1 heterocycles. The van der Waals surface area contributed by atoms with Gasteiger partial charge in [0.15, 0.2) is 0 Å². The first-order valence-corrected chi connectivity index (χ1v) is 5.40. The van der Waals surface area contributed by atoms with Crippen molar-refractivity contribution in [3.8, 4) is 11.1 Å². The lowest BCUT2D eigenvalue weighted by molar-refractivity contribution is -0.384. The fourth-order valence-electron chi connectivity index (χ4n) is 1.70. The quantitative estimate of drug-likeness (QED) is 0.479. The molecule has 96 valence electrons. The Labute approximate surface area is 108 Å². The summed E-state index contributed by atoms with van der Waals surface area (Å²) in [5.74, 6) is -0.607. The molecule has 0 N–H and O–H groups in total. The molecule has 0 aliphatic heterocycles. The number of rotatable bonds is 3. The lowest BCUT2D eigenvalue weighted by atomic mass is 10.0. The number of ether oxygens (including phenoxy) is 1. The summed E-state index contributed by atoms with van der Waals surface area (Å²) in [6, 6.07) is 7.57. The maximum Gasteiger partial charge on any atom is 0.338 e. The highest BCUT2D eigenvalue weighted by molar-refractivity contribution is 5.91. The van der Waals surface area contributed by atoms with Crippen molar-refractivity contribution in [2.24, 2.45) is 0 Å². The van der Waals surface area contributed by atoms with E-state index >= 15 is 0 Å². The number of esters is 1. The highest BCUT2D eigenvalue weighted by Gasteiger charge is 2.18. The van der Waals surface area contributed by atoms with E-state index < -0.39 is 10.9 Å². The summed E-state index contributed by atoms with van der Waals surface area (Å²) in [6.45, 7) is 0. The zero-order valence-corrected chi connectivity index (χ0v) is 10.1. The Balaban J connectivity index is 2.57. The molecule has 6 heteroatoms. The molecule has 6 nitrogen and oxygen atoms in total. The van der Waals surface area contributed by atoms with E-state index in [9.17, 15) is 14.9 Å². The molecule has 0 unspecified atom stereocenters. The molecular weight excluding hydrogens is 248 g/mol. The fraction of sp³-hybridized carbons (Fsp3) is 0.0769. The number of pyridine rings is 1. The van der Waals surface area contributed by atoms with Crippen LogP contribution in [0.25, 0.3) is 11.1 Å². The van der Waals surface area contributed by atoms with E-state index in [1.54, 1.807) is 24.5 Å². The van der Waals surface area contributed by atoms with Gasteiger partial charge in [-0.1, -0.05) is 0 Å². The Hall–Kier alpha value is -2.76. The van der Waals surface area contributed by atoms with E-state index in [4.69, 9.17) is 0 Å². The molecule has 2 aromatic rings. The third kappa shape index (κ3) is 2.57. The lowest BCUT2D eigenvalue weighted by Crippen LogP contribution is -2.02. The average molecular weight is 258 g/mol. The van der Waals surface area contributed by atoms with Crippen LogP contribution in [0, 0.1) is 10.1 Å². The van der Waals surface area contributed by atoms with Crippen LogP contribution in [0.2, 0.25) is 0 Å². The molecule has 0 aliphatic rings. The van der Waals surface area contributed by atoms with Crippen LogP contribution in [0.1, 0.15) is 10.4 Å². The first-order valence-electron chi connectivity index (χ1n) is 5.40. The molecule has 0 atom stereocenters. The van der Waals surface area contributed by atoms with Crippen LogP contribution < -0.4 is 0 Å². The second-order valence-electron chi connectivity index (χ2n) is 3.72. The summed E-state index contributed by atoms with van der Waals surface area (Å²) >= 11 is 0. The maximum atomic E-state index is 11.4. The van der Waals surface area contributed by atoms with Crippen molar-refractivity contribution < 1.29 is 14.5 Å². The van der Waals surface area contributed by atoms with E-state index in [1.165, 1.54) is 25.3 Å². The lowest BCUT2D eigenvalue weighted by Gasteiger charge is -2.05. The van der Waals surface area contributed by atoms with Gasteiger partial charge in [-0.3, -0.25) is 15.1 Å². The Morgan fingerprint density at radius 3 is 2.53 bits per heavy atom. The van der Waals surface area contributed by atoms with Gasteiger partial charge in [-0.15, -0.1) is 0 Å². The molecule has 0 saturated heterocycles. The van der Waals surface area contributed by atoms with Crippen molar-refractivity contribution in [2.45, 2.75) is 0 Å². The van der Waals surface area contributed by atoms with Crippen LogP contribution in [0.15, 0.2) is 42.7 Å². The molecule has 0 bridgehead atoms. The Kier molecular flexibility index (Phi) is 3.51. The molecule has 1 aromatic carbocycles. The molecule has 0 amide bonds. The van der Waals surface area contributed by atoms with Crippen molar-refractivity contribution in [3.05, 3.63) is 58.4 Å². The molecule has 2 rings (SSSR count). The second kappa shape index (κ2) is 5.26. The van der Waals surface area contributed by atoms with Gasteiger partial charge in [-0.25, -0.2) is 4.79 Å². The van der Waals surface area contributed by atoms with E-state index in [-0.39, 0.29) is 11.3 Å². The molecule has 0 aliphatic carbocycles. The van der Waals surface area contributed by atoms with Crippen molar-refractivity contribution in [2.75, 3.05) is 7.11 Å². The van der Waals surface area contributed by atoms with Gasteiger partial charge in [0.2, 0.25) is 0 Å². The van der Waals surface area contributed by atoms with Gasteiger partial charge >= 0.3 is 5.97 Å². The van der Waals surface area contributed by atoms with Gasteiger partial charge in [0.25, 0.3) is 5.69 Å². The fourth-order valence-corrected chi connectivity index (χ4v) is 1.70. The number of nitro benzene ring substituents is 1. The molecule has 0 saturated carbocycles. The van der Waals surface area contributed by atoms with Gasteiger partial charge in [0.1, 0.15) is 0 Å². The zero-order chi connectivity index (χ0) is 13.8. The number of nitro groups is 1. The van der Waals surface area contributed by atoms with Crippen molar-refractivity contribution in [1.82, 2.24) is 4.98 Å². The zero-order valence-electron chi connectivity index (χ0n) is 10.1. The summed E-state index contributed by atoms with van der Waals surface area (Å²) in [5, 5.41) is 11.1. The Morgan fingerprint density at radius 1 is 1.26 bits per heavy atom. The minimum absolute atomic E-state index is 0.144. The maximum absolute atomic E-state index is 11.4. The third-order valence-corrected chi connectivity index (χ3v) is 2.61. The monoisotopic (exact) mass is 258 g/mol. The number of hydrogen-bond acceptors (Lipinski definition) is 5. The number of aromatic nitrogens is 1. The average Bonchev–Trinajstić information content (AvgIpc) is 2.46. The standard InChI is InChI=1S/C13H10N2O4/c1-19-13(16)10-2-3-11(12(8-10)15(17)18)9-4-6-14-7-5-9/h2-8H,1H3. The number of nitrogens with zero attached hydrogens (tertiary/aromatic N) is 2. The van der Waals surface area contributed by atoms with Crippen LogP contribution in [0.5, 0.6) is 0 Å². The van der Waals surface area contributed by atoms with Gasteiger partial charge in [-0.2, -0.15) is 0 Å². The third-order valence-electron chi connectivity index (χ3n) is 2.61. The normalized spacial score (nSPS) is 9.95. The predicted molar refractivity (Wildman–Crippen MR) is 67.7 cm³/mol. The van der Waals surface area contributed by atoms with Crippen molar-refractivity contribution in [3.63, 3.8) is 0 Å². The number of methoxy groups -OCH3 is 1. The molecule has 19 heavy (non-hydrogen) atoms. The van der Waals surface area contributed by atoms with Crippen LogP contribution in [0.4, 0.5) is 5.69 Å². The Morgan fingerprint density at radius 2 is 1.95 bits per heavy atom. The minimum Gasteiger partial charge on any atom is -0.465 e.